The van der Waals surface area contributed by atoms with E-state index in [2.05, 4.69) is 16.3 Å². The molecule has 3 fully saturated rings. The molecule has 4 rings (SSSR count). The third-order valence-corrected chi connectivity index (χ3v) is 6.79. The van der Waals surface area contributed by atoms with Crippen molar-refractivity contribution in [1.82, 2.24) is 10.2 Å². The summed E-state index contributed by atoms with van der Waals surface area (Å²) >= 11 is 0. The molecule has 150 valence electrons. The predicted molar refractivity (Wildman–Crippen MR) is 101 cm³/mol. The van der Waals surface area contributed by atoms with E-state index in [0.717, 1.165) is 63.1 Å². The second kappa shape index (κ2) is 7.94. The lowest BCUT2D eigenvalue weighted by atomic mass is 9.78. The summed E-state index contributed by atoms with van der Waals surface area (Å²) < 4.78 is 17.2. The van der Waals surface area contributed by atoms with Gasteiger partial charge < -0.3 is 19.2 Å². The van der Waals surface area contributed by atoms with Crippen molar-refractivity contribution in [2.45, 2.75) is 69.7 Å². The molecule has 1 aromatic rings. The number of carbonyl (C=O) groups is 1. The van der Waals surface area contributed by atoms with Crippen LogP contribution in [0.1, 0.15) is 50.0 Å². The number of fused-ring (bicyclic) bond motifs is 1. The third kappa shape index (κ3) is 3.93. The zero-order valence-electron chi connectivity index (χ0n) is 16.5. The molecular weight excluding hydrogens is 344 g/mol. The molecule has 1 amide bonds. The minimum Gasteiger partial charge on any atom is -0.465 e. The van der Waals surface area contributed by atoms with Crippen molar-refractivity contribution < 1.29 is 18.7 Å². The molecule has 3 atom stereocenters. The van der Waals surface area contributed by atoms with Crippen molar-refractivity contribution in [3.8, 4) is 0 Å². The summed E-state index contributed by atoms with van der Waals surface area (Å²) in [6.45, 7) is 5.21. The summed E-state index contributed by atoms with van der Waals surface area (Å²) in [5, 5.41) is 3.33. The number of ether oxygens (including phenoxy) is 2. The number of methoxy groups -OCH3 is 1. The highest BCUT2D eigenvalue weighted by atomic mass is 16.5. The lowest BCUT2D eigenvalue weighted by Gasteiger charge is -2.44. The van der Waals surface area contributed by atoms with Crippen LogP contribution < -0.4 is 5.32 Å². The van der Waals surface area contributed by atoms with Crippen LogP contribution in [0.3, 0.4) is 0 Å². The first-order valence-corrected chi connectivity index (χ1v) is 10.3. The molecular formula is C21H32N2O4. The SMILES string of the molecule is CO[C@@]12CC[C@@H](NC(=O)C3CCOCC3)C[C@@H]1N(Cc1ccc(C)o1)CC2. The number of rotatable bonds is 5. The van der Waals surface area contributed by atoms with Gasteiger partial charge in [-0.15, -0.1) is 0 Å². The summed E-state index contributed by atoms with van der Waals surface area (Å²) in [7, 11) is 1.84. The maximum Gasteiger partial charge on any atom is 0.223 e. The first-order chi connectivity index (χ1) is 13.1. The number of furan rings is 1. The predicted octanol–water partition coefficient (Wildman–Crippen LogP) is 2.64. The van der Waals surface area contributed by atoms with E-state index in [1.807, 2.05) is 20.1 Å². The smallest absolute Gasteiger partial charge is 0.223 e. The van der Waals surface area contributed by atoms with E-state index < -0.39 is 0 Å². The molecule has 1 aliphatic carbocycles. The van der Waals surface area contributed by atoms with Crippen LogP contribution in [0.5, 0.6) is 0 Å². The summed E-state index contributed by atoms with van der Waals surface area (Å²) in [5.74, 6) is 2.28. The lowest BCUT2D eigenvalue weighted by Crippen LogP contribution is -2.55. The van der Waals surface area contributed by atoms with Crippen molar-refractivity contribution in [3.63, 3.8) is 0 Å². The number of carbonyl (C=O) groups excluding carboxylic acids is 1. The van der Waals surface area contributed by atoms with E-state index in [0.29, 0.717) is 19.3 Å². The molecule has 0 aromatic carbocycles. The Morgan fingerprint density at radius 2 is 2.11 bits per heavy atom. The molecule has 0 spiro atoms. The minimum absolute atomic E-state index is 0.0818. The first-order valence-electron chi connectivity index (χ1n) is 10.3. The number of hydrogen-bond acceptors (Lipinski definition) is 5. The number of hydrogen-bond donors (Lipinski definition) is 1. The van der Waals surface area contributed by atoms with Crippen molar-refractivity contribution in [2.75, 3.05) is 26.9 Å². The van der Waals surface area contributed by atoms with Crippen molar-refractivity contribution in [2.24, 2.45) is 5.92 Å². The monoisotopic (exact) mass is 376 g/mol. The van der Waals surface area contributed by atoms with Crippen LogP contribution in [0.25, 0.3) is 0 Å². The highest BCUT2D eigenvalue weighted by Crippen LogP contribution is 2.43. The minimum atomic E-state index is -0.0818. The molecule has 0 bridgehead atoms. The second-order valence-electron chi connectivity index (χ2n) is 8.38. The topological polar surface area (TPSA) is 63.9 Å². The van der Waals surface area contributed by atoms with Crippen LogP contribution in [-0.2, 0) is 20.8 Å². The van der Waals surface area contributed by atoms with Gasteiger partial charge in [0.1, 0.15) is 11.5 Å². The summed E-state index contributed by atoms with van der Waals surface area (Å²) in [6.07, 6.45) is 5.67. The highest BCUT2D eigenvalue weighted by molar-refractivity contribution is 5.79. The molecule has 0 unspecified atom stereocenters. The van der Waals surface area contributed by atoms with Gasteiger partial charge in [-0.3, -0.25) is 9.69 Å². The molecule has 0 radical (unpaired) electrons. The van der Waals surface area contributed by atoms with E-state index >= 15 is 0 Å². The number of likely N-dealkylation sites (tertiary alicyclic amines) is 1. The fraction of sp³-hybridized carbons (Fsp3) is 0.762. The van der Waals surface area contributed by atoms with Gasteiger partial charge in [-0.2, -0.15) is 0 Å². The quantitative estimate of drug-likeness (QED) is 0.856. The fourth-order valence-electron chi connectivity index (χ4n) is 5.16. The Morgan fingerprint density at radius 3 is 2.81 bits per heavy atom. The Hall–Kier alpha value is -1.37. The van der Waals surface area contributed by atoms with E-state index in [-0.39, 0.29) is 23.5 Å². The van der Waals surface area contributed by atoms with E-state index in [9.17, 15) is 4.79 Å². The van der Waals surface area contributed by atoms with Crippen LogP contribution >= 0.6 is 0 Å². The molecule has 6 nitrogen and oxygen atoms in total. The Balaban J connectivity index is 1.41. The van der Waals surface area contributed by atoms with Gasteiger partial charge >= 0.3 is 0 Å². The van der Waals surface area contributed by atoms with Gasteiger partial charge in [-0.1, -0.05) is 0 Å². The molecule has 2 saturated heterocycles. The van der Waals surface area contributed by atoms with Crippen LogP contribution in [0, 0.1) is 12.8 Å². The largest absolute Gasteiger partial charge is 0.465 e. The average Bonchev–Trinajstić information content (AvgIpc) is 3.27. The average molecular weight is 376 g/mol. The fourth-order valence-corrected chi connectivity index (χ4v) is 5.16. The normalized spacial score (nSPS) is 32.4. The zero-order chi connectivity index (χ0) is 18.9. The zero-order valence-corrected chi connectivity index (χ0v) is 16.5. The summed E-state index contributed by atoms with van der Waals surface area (Å²) in [4.78, 5) is 15.1. The van der Waals surface area contributed by atoms with Gasteiger partial charge in [0.05, 0.1) is 12.1 Å². The van der Waals surface area contributed by atoms with Gasteiger partial charge in [-0.05, 0) is 57.6 Å². The number of nitrogens with one attached hydrogen (secondary N) is 1. The van der Waals surface area contributed by atoms with Crippen LogP contribution in [0.15, 0.2) is 16.5 Å². The molecule has 1 saturated carbocycles. The molecule has 1 aromatic heterocycles. The molecule has 1 N–H and O–H groups in total. The molecule has 2 aliphatic heterocycles. The van der Waals surface area contributed by atoms with Crippen LogP contribution in [0.4, 0.5) is 0 Å². The molecule has 3 heterocycles. The molecule has 6 heteroatoms. The summed E-state index contributed by atoms with van der Waals surface area (Å²) in [6, 6.07) is 4.64. The van der Waals surface area contributed by atoms with Gasteiger partial charge in [0.15, 0.2) is 0 Å². The Kier molecular flexibility index (Phi) is 5.58. The van der Waals surface area contributed by atoms with Crippen molar-refractivity contribution >= 4 is 5.91 Å². The number of amides is 1. The Labute approximate surface area is 161 Å². The van der Waals surface area contributed by atoms with Crippen molar-refractivity contribution in [3.05, 3.63) is 23.7 Å². The molecule has 27 heavy (non-hydrogen) atoms. The second-order valence-corrected chi connectivity index (χ2v) is 8.38. The van der Waals surface area contributed by atoms with E-state index in [1.165, 1.54) is 0 Å². The summed E-state index contributed by atoms with van der Waals surface area (Å²) in [5.41, 5.74) is -0.0818. The third-order valence-electron chi connectivity index (χ3n) is 6.79. The van der Waals surface area contributed by atoms with E-state index in [1.54, 1.807) is 0 Å². The Bertz CT molecular complexity index is 654. The standard InChI is InChI=1S/C21H32N2O4/c1-15-3-4-18(27-15)14-23-10-9-21(25-2)8-5-17(13-19(21)23)22-20(24)16-6-11-26-12-7-16/h3-4,16-17,19H,5-14H2,1-2H3,(H,22,24)/t17-,19+,21-/m1/s1. The Morgan fingerprint density at radius 1 is 1.30 bits per heavy atom. The van der Waals surface area contributed by atoms with Crippen molar-refractivity contribution in [1.29, 1.82) is 0 Å². The number of nitrogens with zero attached hydrogens (tertiary/aromatic N) is 1. The van der Waals surface area contributed by atoms with Gasteiger partial charge in [-0.25, -0.2) is 0 Å². The van der Waals surface area contributed by atoms with Crippen LogP contribution in [-0.4, -0.2) is 55.4 Å². The first kappa shape index (κ1) is 19.0. The maximum atomic E-state index is 12.7. The van der Waals surface area contributed by atoms with Crippen LogP contribution in [0.2, 0.25) is 0 Å². The molecule has 3 aliphatic rings. The van der Waals surface area contributed by atoms with E-state index in [4.69, 9.17) is 13.9 Å². The number of aryl methyl sites for hydroxylation is 1. The highest BCUT2D eigenvalue weighted by Gasteiger charge is 2.51. The van der Waals surface area contributed by atoms with Gasteiger partial charge in [0.25, 0.3) is 0 Å². The van der Waals surface area contributed by atoms with Gasteiger partial charge in [0.2, 0.25) is 5.91 Å². The van der Waals surface area contributed by atoms with Gasteiger partial charge in [0, 0.05) is 44.9 Å². The lowest BCUT2D eigenvalue weighted by molar-refractivity contribution is -0.130. The maximum absolute atomic E-state index is 12.7.